The maximum Gasteiger partial charge on any atom is 0.263 e. The molecule has 0 aromatic heterocycles. The maximum absolute atomic E-state index is 11.7. The molecule has 0 atom stereocenters. The number of thioether (sulfide) groups is 1. The van der Waals surface area contributed by atoms with Crippen LogP contribution in [0.3, 0.4) is 0 Å². The Morgan fingerprint density at radius 1 is 1.00 bits per heavy atom. The molecule has 6 heteroatoms. The largest absolute Gasteiger partial charge is 0.493 e. The third kappa shape index (κ3) is 5.84. The summed E-state index contributed by atoms with van der Waals surface area (Å²) in [5, 5.41) is 2.61. The molecule has 4 nitrogen and oxygen atoms in total. The van der Waals surface area contributed by atoms with Crippen molar-refractivity contribution in [3.63, 3.8) is 0 Å². The second-order valence-electron chi connectivity index (χ2n) is 5.97. The first kappa shape index (κ1) is 19.5. The normalized spacial score (nSPS) is 15.1. The van der Waals surface area contributed by atoms with E-state index >= 15 is 0 Å². The number of rotatable bonds is 8. The number of nitrogens with one attached hydrogen (secondary N) is 1. The van der Waals surface area contributed by atoms with Crippen molar-refractivity contribution in [3.05, 3.63) is 64.6 Å². The zero-order valence-corrected chi connectivity index (χ0v) is 16.7. The van der Waals surface area contributed by atoms with Gasteiger partial charge < -0.3 is 14.8 Å². The van der Waals surface area contributed by atoms with Gasteiger partial charge in [-0.15, -0.1) is 0 Å². The fraction of sp³-hybridized carbons (Fsp3) is 0.238. The second kappa shape index (κ2) is 9.58. The van der Waals surface area contributed by atoms with E-state index in [1.807, 2.05) is 42.5 Å². The Morgan fingerprint density at radius 3 is 2.11 bits per heavy atom. The Morgan fingerprint density at radius 2 is 1.59 bits per heavy atom. The van der Waals surface area contributed by atoms with Gasteiger partial charge in [0.1, 0.15) is 15.8 Å². The van der Waals surface area contributed by atoms with E-state index in [9.17, 15) is 4.79 Å². The van der Waals surface area contributed by atoms with Crippen LogP contribution in [-0.2, 0) is 11.2 Å². The molecule has 0 aliphatic carbocycles. The molecule has 1 aliphatic heterocycles. The van der Waals surface area contributed by atoms with E-state index in [1.165, 1.54) is 17.3 Å². The monoisotopic (exact) mass is 399 g/mol. The highest BCUT2D eigenvalue weighted by atomic mass is 32.2. The van der Waals surface area contributed by atoms with Crippen molar-refractivity contribution in [3.8, 4) is 11.5 Å². The average Bonchev–Trinajstić information content (AvgIpc) is 3.00. The maximum atomic E-state index is 11.7. The molecule has 0 bridgehead atoms. The topological polar surface area (TPSA) is 47.6 Å². The molecule has 0 spiro atoms. The summed E-state index contributed by atoms with van der Waals surface area (Å²) in [5.41, 5.74) is 2.24. The van der Waals surface area contributed by atoms with Gasteiger partial charge in [-0.2, -0.15) is 0 Å². The highest BCUT2D eigenvalue weighted by Crippen LogP contribution is 2.26. The molecule has 1 N–H and O–H groups in total. The van der Waals surface area contributed by atoms with Gasteiger partial charge in [0, 0.05) is 6.42 Å². The third-order valence-corrected chi connectivity index (χ3v) is 5.14. The lowest BCUT2D eigenvalue weighted by Gasteiger charge is -2.09. The fourth-order valence-corrected chi connectivity index (χ4v) is 3.54. The zero-order chi connectivity index (χ0) is 19.1. The van der Waals surface area contributed by atoms with Crippen molar-refractivity contribution in [2.24, 2.45) is 0 Å². The Bertz CT molecular complexity index is 830. The molecule has 1 fully saturated rings. The molecule has 2 aromatic carbocycles. The number of aryl methyl sites for hydroxylation is 1. The molecular formula is C21H21NO3S2. The molecule has 0 radical (unpaired) electrons. The summed E-state index contributed by atoms with van der Waals surface area (Å²) in [6, 6.07) is 15.8. The second-order valence-corrected chi connectivity index (χ2v) is 7.69. The minimum absolute atomic E-state index is 0.144. The lowest BCUT2D eigenvalue weighted by molar-refractivity contribution is -0.115. The van der Waals surface area contributed by atoms with Gasteiger partial charge >= 0.3 is 0 Å². The molecule has 27 heavy (non-hydrogen) atoms. The lowest BCUT2D eigenvalue weighted by atomic mass is 10.2. The Hall–Kier alpha value is -2.31. The molecule has 0 unspecified atom stereocenters. The van der Waals surface area contributed by atoms with Crippen LogP contribution in [0.1, 0.15) is 24.5 Å². The van der Waals surface area contributed by atoms with E-state index in [4.69, 9.17) is 21.7 Å². The Balaban J connectivity index is 1.40. The number of hydrogen-bond donors (Lipinski definition) is 1. The molecule has 1 aliphatic rings. The standard InChI is InChI=1S/C21H21NO3S2/c1-2-15-4-8-17(9-5-15)24-12-3-13-25-18-10-6-16(7-11-18)14-19-20(23)22-21(26)27-19/h4-11,14H,2-3,12-13H2,1H3,(H,22,23,26)/b19-14+. The van der Waals surface area contributed by atoms with Crippen LogP contribution >= 0.6 is 24.0 Å². The van der Waals surface area contributed by atoms with Crippen molar-refractivity contribution < 1.29 is 14.3 Å². The lowest BCUT2D eigenvalue weighted by Crippen LogP contribution is -2.17. The van der Waals surface area contributed by atoms with Crippen LogP contribution in [0.15, 0.2) is 53.4 Å². The highest BCUT2D eigenvalue weighted by molar-refractivity contribution is 8.26. The van der Waals surface area contributed by atoms with Crippen LogP contribution in [0, 0.1) is 0 Å². The number of hydrogen-bond acceptors (Lipinski definition) is 5. The van der Waals surface area contributed by atoms with Crippen molar-refractivity contribution in [2.75, 3.05) is 13.2 Å². The summed E-state index contributed by atoms with van der Waals surface area (Å²) < 4.78 is 11.9. The summed E-state index contributed by atoms with van der Waals surface area (Å²) >= 11 is 6.26. The summed E-state index contributed by atoms with van der Waals surface area (Å²) in [7, 11) is 0. The van der Waals surface area contributed by atoms with Crippen molar-refractivity contribution in [1.82, 2.24) is 5.32 Å². The van der Waals surface area contributed by atoms with Gasteiger partial charge in [0.05, 0.1) is 18.1 Å². The Labute approximate surface area is 168 Å². The quantitative estimate of drug-likeness (QED) is 0.400. The van der Waals surface area contributed by atoms with E-state index in [1.54, 1.807) is 0 Å². The molecular weight excluding hydrogens is 378 g/mol. The van der Waals surface area contributed by atoms with E-state index in [-0.39, 0.29) is 5.91 Å². The molecule has 140 valence electrons. The first-order valence-electron chi connectivity index (χ1n) is 8.83. The van der Waals surface area contributed by atoms with Gasteiger partial charge in [0.2, 0.25) is 0 Å². The molecule has 0 saturated carbocycles. The number of carbonyl (C=O) groups is 1. The fourth-order valence-electron chi connectivity index (χ4n) is 2.49. The molecule has 2 aromatic rings. The Kier molecular flexibility index (Phi) is 6.90. The minimum Gasteiger partial charge on any atom is -0.493 e. The highest BCUT2D eigenvalue weighted by Gasteiger charge is 2.21. The zero-order valence-electron chi connectivity index (χ0n) is 15.1. The van der Waals surface area contributed by atoms with Gasteiger partial charge in [-0.05, 0) is 47.9 Å². The average molecular weight is 400 g/mol. The minimum atomic E-state index is -0.144. The van der Waals surface area contributed by atoms with Crippen LogP contribution < -0.4 is 14.8 Å². The van der Waals surface area contributed by atoms with Crippen molar-refractivity contribution in [1.29, 1.82) is 0 Å². The van der Waals surface area contributed by atoms with Crippen molar-refractivity contribution >= 4 is 40.3 Å². The number of amides is 1. The third-order valence-electron chi connectivity index (χ3n) is 3.98. The summed E-state index contributed by atoms with van der Waals surface area (Å²) in [6.07, 6.45) is 3.65. The predicted molar refractivity (Wildman–Crippen MR) is 114 cm³/mol. The SMILES string of the molecule is CCc1ccc(OCCCOc2ccc(/C=C3/SC(=S)NC3=O)cc2)cc1. The first-order chi connectivity index (χ1) is 13.1. The number of benzene rings is 2. The summed E-state index contributed by atoms with van der Waals surface area (Å²) in [4.78, 5) is 12.3. The van der Waals surface area contributed by atoms with Crippen LogP contribution in [0.4, 0.5) is 0 Å². The van der Waals surface area contributed by atoms with Gasteiger partial charge in [-0.1, -0.05) is 55.2 Å². The summed E-state index contributed by atoms with van der Waals surface area (Å²) in [6.45, 7) is 3.33. The van der Waals surface area contributed by atoms with E-state index < -0.39 is 0 Å². The van der Waals surface area contributed by atoms with E-state index in [0.29, 0.717) is 22.4 Å². The number of carbonyl (C=O) groups excluding carboxylic acids is 1. The summed E-state index contributed by atoms with van der Waals surface area (Å²) in [5.74, 6) is 1.54. The van der Waals surface area contributed by atoms with Gasteiger partial charge in [0.15, 0.2) is 0 Å². The van der Waals surface area contributed by atoms with E-state index in [0.717, 1.165) is 29.9 Å². The smallest absolute Gasteiger partial charge is 0.263 e. The predicted octanol–water partition coefficient (Wildman–Crippen LogP) is 4.59. The van der Waals surface area contributed by atoms with Crippen molar-refractivity contribution in [2.45, 2.75) is 19.8 Å². The van der Waals surface area contributed by atoms with Gasteiger partial charge in [-0.25, -0.2) is 0 Å². The van der Waals surface area contributed by atoms with Crippen LogP contribution in [0.25, 0.3) is 6.08 Å². The molecule has 3 rings (SSSR count). The molecule has 1 amide bonds. The van der Waals surface area contributed by atoms with Gasteiger partial charge in [0.25, 0.3) is 5.91 Å². The molecule has 1 heterocycles. The first-order valence-corrected chi connectivity index (χ1v) is 10.1. The van der Waals surface area contributed by atoms with E-state index in [2.05, 4.69) is 24.4 Å². The van der Waals surface area contributed by atoms with Crippen LogP contribution in [0.2, 0.25) is 0 Å². The molecule has 1 saturated heterocycles. The van der Waals surface area contributed by atoms with Crippen LogP contribution in [0.5, 0.6) is 11.5 Å². The number of ether oxygens (including phenoxy) is 2. The number of thiocarbonyl (C=S) groups is 1. The van der Waals surface area contributed by atoms with Gasteiger partial charge in [-0.3, -0.25) is 4.79 Å². The van der Waals surface area contributed by atoms with Crippen LogP contribution in [-0.4, -0.2) is 23.4 Å².